The molecule has 1 aromatic heterocycles. The first kappa shape index (κ1) is 14.8. The highest BCUT2D eigenvalue weighted by molar-refractivity contribution is 5.93. The fraction of sp³-hybridized carbons (Fsp3) is 0.533. The molecule has 2 fully saturated rings. The fourth-order valence-corrected chi connectivity index (χ4v) is 3.44. The molecular formula is C15H19N3O4. The van der Waals surface area contributed by atoms with Crippen LogP contribution in [-0.4, -0.2) is 52.8 Å². The standard InChI is InChI=1S/C15H19N3O4/c19-11-4-8-18(9-15(11)5-2-7-17-14(15)22)12-10(13(20)21)3-1-6-16-12/h1,3,6,11,19H,2,4-5,7-9H2,(H,17,22)(H,20,21)/t11-,15-/m1/s1. The molecule has 1 aromatic rings. The summed E-state index contributed by atoms with van der Waals surface area (Å²) >= 11 is 0. The lowest BCUT2D eigenvalue weighted by molar-refractivity contribution is -0.142. The summed E-state index contributed by atoms with van der Waals surface area (Å²) in [6.07, 6.45) is 2.67. The van der Waals surface area contributed by atoms with E-state index in [2.05, 4.69) is 10.3 Å². The Balaban J connectivity index is 1.94. The molecule has 3 N–H and O–H groups in total. The molecule has 0 radical (unpaired) electrons. The van der Waals surface area contributed by atoms with Gasteiger partial charge in [0.15, 0.2) is 0 Å². The molecule has 2 aliphatic rings. The number of aromatic carboxylic acids is 1. The maximum Gasteiger partial charge on any atom is 0.339 e. The van der Waals surface area contributed by atoms with E-state index in [0.29, 0.717) is 31.7 Å². The Morgan fingerprint density at radius 3 is 3.05 bits per heavy atom. The van der Waals surface area contributed by atoms with Gasteiger partial charge in [-0.25, -0.2) is 9.78 Å². The van der Waals surface area contributed by atoms with E-state index in [4.69, 9.17) is 0 Å². The zero-order valence-corrected chi connectivity index (χ0v) is 12.2. The molecule has 1 spiro atoms. The number of carbonyl (C=O) groups excluding carboxylic acids is 1. The van der Waals surface area contributed by atoms with Crippen LogP contribution in [0.25, 0.3) is 0 Å². The molecule has 0 saturated carbocycles. The lowest BCUT2D eigenvalue weighted by Crippen LogP contribution is -2.61. The molecule has 22 heavy (non-hydrogen) atoms. The molecule has 7 nitrogen and oxygen atoms in total. The normalized spacial score (nSPS) is 28.5. The van der Waals surface area contributed by atoms with Gasteiger partial charge in [0.25, 0.3) is 0 Å². The van der Waals surface area contributed by atoms with Gasteiger partial charge in [-0.15, -0.1) is 0 Å². The van der Waals surface area contributed by atoms with E-state index in [-0.39, 0.29) is 18.0 Å². The Kier molecular flexibility index (Phi) is 3.74. The van der Waals surface area contributed by atoms with Crippen LogP contribution in [-0.2, 0) is 4.79 Å². The Labute approximate surface area is 128 Å². The highest BCUT2D eigenvalue weighted by atomic mass is 16.4. The van der Waals surface area contributed by atoms with Crippen molar-refractivity contribution in [2.45, 2.75) is 25.4 Å². The van der Waals surface area contributed by atoms with Gasteiger partial charge in [-0.05, 0) is 31.4 Å². The van der Waals surface area contributed by atoms with Gasteiger partial charge >= 0.3 is 5.97 Å². The number of aliphatic hydroxyl groups is 1. The number of aromatic nitrogens is 1. The average molecular weight is 305 g/mol. The van der Waals surface area contributed by atoms with Crippen LogP contribution in [0.3, 0.4) is 0 Å². The first-order chi connectivity index (χ1) is 10.5. The highest BCUT2D eigenvalue weighted by Gasteiger charge is 2.50. The van der Waals surface area contributed by atoms with Crippen molar-refractivity contribution in [2.75, 3.05) is 24.5 Å². The number of hydrogen-bond donors (Lipinski definition) is 3. The fourth-order valence-electron chi connectivity index (χ4n) is 3.44. The SMILES string of the molecule is O=C(O)c1cccnc1N1CC[C@@H](O)[C@@]2(CCCNC2=O)C1. The van der Waals surface area contributed by atoms with Gasteiger partial charge in [-0.3, -0.25) is 4.79 Å². The van der Waals surface area contributed by atoms with Gasteiger partial charge in [0.1, 0.15) is 11.4 Å². The van der Waals surface area contributed by atoms with Crippen molar-refractivity contribution >= 4 is 17.7 Å². The Bertz CT molecular complexity index is 606. The van der Waals surface area contributed by atoms with E-state index in [1.165, 1.54) is 6.07 Å². The topological polar surface area (TPSA) is 103 Å². The van der Waals surface area contributed by atoms with Gasteiger partial charge < -0.3 is 20.4 Å². The van der Waals surface area contributed by atoms with Crippen LogP contribution in [0.2, 0.25) is 0 Å². The number of nitrogens with zero attached hydrogens (tertiary/aromatic N) is 2. The van der Waals surface area contributed by atoms with Crippen LogP contribution < -0.4 is 10.2 Å². The van der Waals surface area contributed by atoms with Crippen molar-refractivity contribution in [3.05, 3.63) is 23.9 Å². The molecule has 3 heterocycles. The predicted octanol–water partition coefficient (Wildman–Crippen LogP) is 0.247. The maximum absolute atomic E-state index is 12.3. The zero-order valence-electron chi connectivity index (χ0n) is 12.2. The first-order valence-corrected chi connectivity index (χ1v) is 7.44. The minimum absolute atomic E-state index is 0.116. The molecule has 118 valence electrons. The summed E-state index contributed by atoms with van der Waals surface area (Å²) in [5, 5.41) is 22.5. The first-order valence-electron chi connectivity index (χ1n) is 7.44. The van der Waals surface area contributed by atoms with Crippen LogP contribution in [0.1, 0.15) is 29.6 Å². The van der Waals surface area contributed by atoms with Crippen LogP contribution >= 0.6 is 0 Å². The number of carboxylic acids is 1. The average Bonchev–Trinajstić information content (AvgIpc) is 2.52. The highest BCUT2D eigenvalue weighted by Crippen LogP contribution is 2.39. The Morgan fingerprint density at radius 1 is 1.50 bits per heavy atom. The van der Waals surface area contributed by atoms with Gasteiger partial charge in [0, 0.05) is 25.8 Å². The van der Waals surface area contributed by atoms with E-state index in [1.54, 1.807) is 17.2 Å². The summed E-state index contributed by atoms with van der Waals surface area (Å²) in [5.74, 6) is -0.834. The third-order valence-electron chi connectivity index (χ3n) is 4.64. The summed E-state index contributed by atoms with van der Waals surface area (Å²) < 4.78 is 0. The molecule has 0 unspecified atom stereocenters. The number of carboxylic acid groups (broad SMARTS) is 1. The minimum atomic E-state index is -1.05. The third kappa shape index (κ3) is 2.31. The number of amides is 1. The van der Waals surface area contributed by atoms with Gasteiger partial charge in [-0.1, -0.05) is 0 Å². The van der Waals surface area contributed by atoms with Crippen molar-refractivity contribution in [1.29, 1.82) is 0 Å². The second kappa shape index (κ2) is 5.57. The van der Waals surface area contributed by atoms with E-state index in [1.807, 2.05) is 0 Å². The lowest BCUT2D eigenvalue weighted by Gasteiger charge is -2.47. The quantitative estimate of drug-likeness (QED) is 0.723. The number of piperidine rings is 2. The molecule has 1 amide bonds. The number of rotatable bonds is 2. The van der Waals surface area contributed by atoms with Crippen LogP contribution in [0.5, 0.6) is 0 Å². The molecule has 2 saturated heterocycles. The molecule has 0 bridgehead atoms. The number of anilines is 1. The van der Waals surface area contributed by atoms with E-state index in [0.717, 1.165) is 6.42 Å². The second-order valence-corrected chi connectivity index (χ2v) is 5.92. The largest absolute Gasteiger partial charge is 0.478 e. The Morgan fingerprint density at radius 2 is 2.32 bits per heavy atom. The van der Waals surface area contributed by atoms with Crippen molar-refractivity contribution in [1.82, 2.24) is 10.3 Å². The smallest absolute Gasteiger partial charge is 0.339 e. The monoisotopic (exact) mass is 305 g/mol. The summed E-state index contributed by atoms with van der Waals surface area (Å²) in [7, 11) is 0. The van der Waals surface area contributed by atoms with Crippen LogP contribution in [0, 0.1) is 5.41 Å². The van der Waals surface area contributed by atoms with Gasteiger partial charge in [-0.2, -0.15) is 0 Å². The minimum Gasteiger partial charge on any atom is -0.478 e. The summed E-state index contributed by atoms with van der Waals surface area (Å²) in [4.78, 5) is 29.7. The zero-order chi connectivity index (χ0) is 15.7. The Hall–Kier alpha value is -2.15. The van der Waals surface area contributed by atoms with Gasteiger partial charge in [0.2, 0.25) is 5.91 Å². The van der Waals surface area contributed by atoms with E-state index < -0.39 is 17.5 Å². The predicted molar refractivity (Wildman–Crippen MR) is 78.7 cm³/mol. The number of hydrogen-bond acceptors (Lipinski definition) is 5. The summed E-state index contributed by atoms with van der Waals surface area (Å²) in [5.41, 5.74) is -0.755. The second-order valence-electron chi connectivity index (χ2n) is 5.92. The number of carbonyl (C=O) groups is 2. The van der Waals surface area contributed by atoms with E-state index in [9.17, 15) is 19.8 Å². The molecule has 2 atom stereocenters. The van der Waals surface area contributed by atoms with Gasteiger partial charge in [0.05, 0.1) is 11.5 Å². The van der Waals surface area contributed by atoms with Crippen LogP contribution in [0.15, 0.2) is 18.3 Å². The third-order valence-corrected chi connectivity index (χ3v) is 4.64. The lowest BCUT2D eigenvalue weighted by atomic mass is 9.71. The van der Waals surface area contributed by atoms with Crippen LogP contribution in [0.4, 0.5) is 5.82 Å². The molecular weight excluding hydrogens is 286 g/mol. The van der Waals surface area contributed by atoms with E-state index >= 15 is 0 Å². The summed E-state index contributed by atoms with van der Waals surface area (Å²) in [6.45, 7) is 1.39. The molecule has 3 rings (SSSR count). The number of nitrogens with one attached hydrogen (secondary N) is 1. The maximum atomic E-state index is 12.3. The summed E-state index contributed by atoms with van der Waals surface area (Å²) in [6, 6.07) is 3.08. The number of aliphatic hydroxyl groups excluding tert-OH is 1. The molecule has 0 aliphatic carbocycles. The molecule has 2 aliphatic heterocycles. The molecule has 7 heteroatoms. The number of pyridine rings is 1. The van der Waals surface area contributed by atoms with Crippen molar-refractivity contribution in [3.63, 3.8) is 0 Å². The van der Waals surface area contributed by atoms with Crippen molar-refractivity contribution in [3.8, 4) is 0 Å². The molecule has 0 aromatic carbocycles. The van der Waals surface area contributed by atoms with Crippen molar-refractivity contribution in [2.24, 2.45) is 5.41 Å². The van der Waals surface area contributed by atoms with Crippen molar-refractivity contribution < 1.29 is 19.8 Å².